The first-order valence-electron chi connectivity index (χ1n) is 3.32. The van der Waals surface area contributed by atoms with Gasteiger partial charge in [0, 0.05) is 11.5 Å². The standard InChI is InChI=1S/C4H12O6P2S/c5-11(6)9-1-3-13-4-2-10-12(7)8/h5-8H,1-4H2. The quantitative estimate of drug-likeness (QED) is 0.360. The molecule has 0 amide bonds. The first kappa shape index (κ1) is 14.0. The van der Waals surface area contributed by atoms with E-state index in [4.69, 9.17) is 19.6 Å². The summed E-state index contributed by atoms with van der Waals surface area (Å²) in [5, 5.41) is 0. The van der Waals surface area contributed by atoms with Crippen LogP contribution in [-0.4, -0.2) is 44.3 Å². The molecule has 0 rings (SSSR count). The number of hydrogen-bond acceptors (Lipinski definition) is 7. The van der Waals surface area contributed by atoms with Crippen molar-refractivity contribution in [2.45, 2.75) is 0 Å². The van der Waals surface area contributed by atoms with Crippen LogP contribution in [0.25, 0.3) is 0 Å². The smallest absolute Gasteiger partial charge is 0.327 e. The lowest BCUT2D eigenvalue weighted by Gasteiger charge is -2.04. The van der Waals surface area contributed by atoms with Gasteiger partial charge in [-0.3, -0.25) is 0 Å². The molecule has 0 aliphatic heterocycles. The Morgan fingerprint density at radius 3 is 1.54 bits per heavy atom. The zero-order valence-electron chi connectivity index (χ0n) is 6.74. The molecule has 0 fully saturated rings. The minimum absolute atomic E-state index is 0.260. The lowest BCUT2D eigenvalue weighted by molar-refractivity contribution is 0.269. The second-order valence-corrected chi connectivity index (χ2v) is 4.54. The topological polar surface area (TPSA) is 99.4 Å². The molecule has 0 aliphatic carbocycles. The Bertz CT molecular complexity index is 103. The summed E-state index contributed by atoms with van der Waals surface area (Å²) in [5.41, 5.74) is 0. The third-order valence-electron chi connectivity index (χ3n) is 0.869. The van der Waals surface area contributed by atoms with Crippen molar-refractivity contribution in [2.75, 3.05) is 24.7 Å². The molecule has 9 heteroatoms. The lowest BCUT2D eigenvalue weighted by Crippen LogP contribution is -1.97. The average Bonchev–Trinajstić information content (AvgIpc) is 2.01. The van der Waals surface area contributed by atoms with E-state index in [9.17, 15) is 0 Å². The summed E-state index contributed by atoms with van der Waals surface area (Å²) in [7, 11) is -4.51. The summed E-state index contributed by atoms with van der Waals surface area (Å²) in [6.45, 7) is 0.521. The van der Waals surface area contributed by atoms with Crippen LogP contribution in [0.15, 0.2) is 0 Å². The van der Waals surface area contributed by atoms with E-state index in [1.807, 2.05) is 0 Å². The van der Waals surface area contributed by atoms with E-state index >= 15 is 0 Å². The zero-order chi connectivity index (χ0) is 10.1. The highest BCUT2D eigenvalue weighted by molar-refractivity contribution is 7.99. The molecule has 0 aliphatic rings. The van der Waals surface area contributed by atoms with E-state index in [0.717, 1.165) is 0 Å². The Morgan fingerprint density at radius 1 is 0.846 bits per heavy atom. The van der Waals surface area contributed by atoms with Crippen LogP contribution in [0.4, 0.5) is 0 Å². The second-order valence-electron chi connectivity index (χ2n) is 1.78. The van der Waals surface area contributed by atoms with Crippen molar-refractivity contribution in [3.63, 3.8) is 0 Å². The van der Waals surface area contributed by atoms with E-state index in [2.05, 4.69) is 9.05 Å². The first-order chi connectivity index (χ1) is 6.13. The summed E-state index contributed by atoms with van der Waals surface area (Å²) in [4.78, 5) is 33.3. The molecule has 0 spiro atoms. The summed E-state index contributed by atoms with van der Waals surface area (Å²) in [6, 6.07) is 0. The molecular formula is C4H12O6P2S. The van der Waals surface area contributed by atoms with Gasteiger partial charge in [-0.25, -0.2) is 0 Å². The molecule has 0 aromatic rings. The third-order valence-corrected chi connectivity index (χ3v) is 2.61. The summed E-state index contributed by atoms with van der Waals surface area (Å²) in [6.07, 6.45) is 0. The minimum atomic E-state index is -2.26. The highest BCUT2D eigenvalue weighted by Crippen LogP contribution is 2.25. The molecule has 0 radical (unpaired) electrons. The van der Waals surface area contributed by atoms with Crippen molar-refractivity contribution in [3.8, 4) is 0 Å². The Morgan fingerprint density at radius 2 is 1.23 bits per heavy atom. The maximum atomic E-state index is 8.33. The highest BCUT2D eigenvalue weighted by atomic mass is 32.2. The van der Waals surface area contributed by atoms with Crippen LogP contribution in [0.1, 0.15) is 0 Å². The van der Waals surface area contributed by atoms with E-state index in [1.165, 1.54) is 11.8 Å². The van der Waals surface area contributed by atoms with Crippen LogP contribution in [0.3, 0.4) is 0 Å². The van der Waals surface area contributed by atoms with Gasteiger partial charge in [-0.05, 0) is 0 Å². The van der Waals surface area contributed by atoms with E-state index in [0.29, 0.717) is 11.5 Å². The Kier molecular flexibility index (Phi) is 10.2. The highest BCUT2D eigenvalue weighted by Gasteiger charge is 2.00. The largest absolute Gasteiger partial charge is 0.328 e. The van der Waals surface area contributed by atoms with Gasteiger partial charge in [0.05, 0.1) is 13.2 Å². The zero-order valence-corrected chi connectivity index (χ0v) is 9.34. The predicted molar refractivity (Wildman–Crippen MR) is 51.9 cm³/mol. The summed E-state index contributed by atoms with van der Waals surface area (Å²) < 4.78 is 8.98. The van der Waals surface area contributed by atoms with Gasteiger partial charge in [0.25, 0.3) is 0 Å². The monoisotopic (exact) mass is 250 g/mol. The Hall–Kier alpha value is 0.970. The maximum Gasteiger partial charge on any atom is 0.327 e. The second kappa shape index (κ2) is 9.52. The van der Waals surface area contributed by atoms with Crippen molar-refractivity contribution in [3.05, 3.63) is 0 Å². The average molecular weight is 250 g/mol. The van der Waals surface area contributed by atoms with Crippen molar-refractivity contribution >= 4 is 29.0 Å². The van der Waals surface area contributed by atoms with Crippen molar-refractivity contribution in [1.82, 2.24) is 0 Å². The molecule has 13 heavy (non-hydrogen) atoms. The molecule has 0 aromatic heterocycles. The molecule has 0 bridgehead atoms. The Balaban J connectivity index is 2.92. The minimum Gasteiger partial charge on any atom is -0.328 e. The Labute approximate surface area is 82.9 Å². The van der Waals surface area contributed by atoms with Crippen LogP contribution >= 0.6 is 29.0 Å². The molecule has 6 nitrogen and oxygen atoms in total. The van der Waals surface area contributed by atoms with Crippen LogP contribution in [-0.2, 0) is 9.05 Å². The molecule has 0 atom stereocenters. The molecule has 80 valence electrons. The van der Waals surface area contributed by atoms with Crippen LogP contribution in [0, 0.1) is 0 Å². The molecule has 4 N–H and O–H groups in total. The molecule has 0 saturated heterocycles. The van der Waals surface area contributed by atoms with E-state index < -0.39 is 17.2 Å². The third kappa shape index (κ3) is 13.0. The molecule has 0 heterocycles. The maximum absolute atomic E-state index is 8.33. The lowest BCUT2D eigenvalue weighted by atomic mass is 10.9. The van der Waals surface area contributed by atoms with E-state index in [-0.39, 0.29) is 13.2 Å². The SMILES string of the molecule is OP(O)OCCSCCOP(O)O. The van der Waals surface area contributed by atoms with Gasteiger partial charge >= 0.3 is 17.2 Å². The summed E-state index contributed by atoms with van der Waals surface area (Å²) >= 11 is 1.46. The number of hydrogen-bond donors (Lipinski definition) is 4. The molecule has 0 unspecified atom stereocenters. The normalized spacial score (nSPS) is 11.5. The fourth-order valence-corrected chi connectivity index (χ4v) is 1.82. The fourth-order valence-electron chi connectivity index (χ4n) is 0.458. The van der Waals surface area contributed by atoms with Gasteiger partial charge in [0.2, 0.25) is 0 Å². The van der Waals surface area contributed by atoms with Gasteiger partial charge in [0.15, 0.2) is 0 Å². The fraction of sp³-hybridized carbons (Fsp3) is 1.00. The number of thioether (sulfide) groups is 1. The van der Waals surface area contributed by atoms with Crippen molar-refractivity contribution in [2.24, 2.45) is 0 Å². The molecule has 0 aromatic carbocycles. The van der Waals surface area contributed by atoms with Crippen LogP contribution < -0.4 is 0 Å². The van der Waals surface area contributed by atoms with E-state index in [1.54, 1.807) is 0 Å². The van der Waals surface area contributed by atoms with Gasteiger partial charge in [-0.1, -0.05) is 0 Å². The predicted octanol–water partition coefficient (Wildman–Crippen LogP) is 0.176. The van der Waals surface area contributed by atoms with Gasteiger partial charge < -0.3 is 28.6 Å². The van der Waals surface area contributed by atoms with Crippen molar-refractivity contribution < 1.29 is 28.6 Å². The van der Waals surface area contributed by atoms with Gasteiger partial charge in [-0.15, -0.1) is 0 Å². The number of rotatable bonds is 8. The molecular weight excluding hydrogens is 238 g/mol. The van der Waals surface area contributed by atoms with Gasteiger partial charge in [-0.2, -0.15) is 11.8 Å². The summed E-state index contributed by atoms with van der Waals surface area (Å²) in [5.74, 6) is 1.22. The van der Waals surface area contributed by atoms with Gasteiger partial charge in [0.1, 0.15) is 0 Å². The van der Waals surface area contributed by atoms with Crippen LogP contribution in [0.2, 0.25) is 0 Å². The first-order valence-corrected chi connectivity index (χ1v) is 6.80. The van der Waals surface area contributed by atoms with Crippen LogP contribution in [0.5, 0.6) is 0 Å². The molecule has 0 saturated carbocycles. The van der Waals surface area contributed by atoms with Crippen molar-refractivity contribution in [1.29, 1.82) is 0 Å².